The molecule has 1 aromatic carbocycles. The van der Waals surface area contributed by atoms with Gasteiger partial charge in [0, 0.05) is 12.7 Å². The Labute approximate surface area is 85.5 Å². The molecule has 0 aromatic heterocycles. The molecular weight excluding hydrogens is 174 g/mol. The Balaban J connectivity index is 2.73. The molecule has 0 fully saturated rings. The molecule has 0 aliphatic heterocycles. The minimum absolute atomic E-state index is 0.911. The van der Waals surface area contributed by atoms with Crippen LogP contribution in [0.5, 0.6) is 0 Å². The zero-order chi connectivity index (χ0) is 10.4. The molecule has 2 heteroatoms. The maximum Gasteiger partial charge on any atom is 0.316 e. The standard InChI is InChI=1S/C12H16NO/c1-3-4-6-11-7-5-8-12(9-11)13(2)10-14/h5,7-9H,3-4,6H2,1-2H3. The summed E-state index contributed by atoms with van der Waals surface area (Å²) in [5.74, 6) is 0. The molecule has 0 spiro atoms. The number of hydrogen-bond donors (Lipinski definition) is 0. The molecule has 1 aromatic rings. The molecule has 1 radical (unpaired) electrons. The summed E-state index contributed by atoms with van der Waals surface area (Å²) in [4.78, 5) is 11.9. The van der Waals surface area contributed by atoms with Crippen molar-refractivity contribution in [3.63, 3.8) is 0 Å². The quantitative estimate of drug-likeness (QED) is 0.653. The number of nitrogens with zero attached hydrogens (tertiary/aromatic N) is 1. The highest BCUT2D eigenvalue weighted by Crippen LogP contribution is 2.15. The molecule has 0 unspecified atom stereocenters. The van der Waals surface area contributed by atoms with Gasteiger partial charge in [0.05, 0.1) is 0 Å². The predicted octanol–water partition coefficient (Wildman–Crippen LogP) is 2.53. The number of rotatable bonds is 5. The average Bonchev–Trinajstić information content (AvgIpc) is 2.25. The van der Waals surface area contributed by atoms with Gasteiger partial charge in [0.1, 0.15) is 0 Å². The molecule has 1 rings (SSSR count). The van der Waals surface area contributed by atoms with Gasteiger partial charge in [0.2, 0.25) is 0 Å². The molecule has 0 bridgehead atoms. The predicted molar refractivity (Wildman–Crippen MR) is 59.2 cm³/mol. The van der Waals surface area contributed by atoms with Crippen LogP contribution in [0.2, 0.25) is 0 Å². The van der Waals surface area contributed by atoms with Crippen molar-refractivity contribution in [3.05, 3.63) is 29.8 Å². The van der Waals surface area contributed by atoms with Crippen LogP contribution >= 0.6 is 0 Å². The van der Waals surface area contributed by atoms with Crippen LogP contribution in [0.25, 0.3) is 0 Å². The van der Waals surface area contributed by atoms with E-state index in [0.29, 0.717) is 0 Å². The van der Waals surface area contributed by atoms with Crippen LogP contribution in [0.4, 0.5) is 5.69 Å². The molecule has 0 heterocycles. The van der Waals surface area contributed by atoms with Crippen molar-refractivity contribution in [2.45, 2.75) is 26.2 Å². The molecule has 2 nitrogen and oxygen atoms in total. The number of carbonyl (C=O) groups excluding carboxylic acids is 1. The van der Waals surface area contributed by atoms with Gasteiger partial charge in [-0.15, -0.1) is 0 Å². The van der Waals surface area contributed by atoms with Crippen molar-refractivity contribution >= 4 is 12.1 Å². The first kappa shape index (κ1) is 10.8. The van der Waals surface area contributed by atoms with Gasteiger partial charge < -0.3 is 4.90 Å². The average molecular weight is 190 g/mol. The summed E-state index contributed by atoms with van der Waals surface area (Å²) in [5.41, 5.74) is 2.19. The Morgan fingerprint density at radius 3 is 2.86 bits per heavy atom. The first-order chi connectivity index (χ1) is 6.77. The van der Waals surface area contributed by atoms with Crippen LogP contribution in [0.15, 0.2) is 24.3 Å². The molecule has 14 heavy (non-hydrogen) atoms. The van der Waals surface area contributed by atoms with Crippen molar-refractivity contribution < 1.29 is 4.79 Å². The number of amides is 1. The maximum absolute atomic E-state index is 10.4. The summed E-state index contributed by atoms with van der Waals surface area (Å²) in [6.45, 7) is 2.18. The number of anilines is 1. The molecular formula is C12H16NO. The molecule has 0 aliphatic rings. The highest BCUT2D eigenvalue weighted by atomic mass is 16.1. The van der Waals surface area contributed by atoms with Crippen molar-refractivity contribution in [3.8, 4) is 0 Å². The second-order valence-electron chi connectivity index (χ2n) is 3.42. The highest BCUT2D eigenvalue weighted by Gasteiger charge is 2.00. The Hall–Kier alpha value is -1.31. The fourth-order valence-electron chi connectivity index (χ4n) is 1.35. The van der Waals surface area contributed by atoms with Crippen LogP contribution < -0.4 is 4.90 Å². The summed E-state index contributed by atoms with van der Waals surface area (Å²) >= 11 is 0. The van der Waals surface area contributed by atoms with Crippen LogP contribution in [-0.4, -0.2) is 13.5 Å². The van der Waals surface area contributed by atoms with Gasteiger partial charge >= 0.3 is 6.41 Å². The third kappa shape index (κ3) is 2.87. The zero-order valence-corrected chi connectivity index (χ0v) is 8.79. The maximum atomic E-state index is 10.4. The molecule has 0 aliphatic carbocycles. The SMILES string of the molecule is CCCCc1cccc(N(C)[C]=O)c1. The Kier molecular flexibility index (Phi) is 4.17. The van der Waals surface area contributed by atoms with Crippen molar-refractivity contribution in [1.29, 1.82) is 0 Å². The van der Waals surface area contributed by atoms with Gasteiger partial charge in [0.15, 0.2) is 0 Å². The number of unbranched alkanes of at least 4 members (excludes halogenated alkanes) is 1. The summed E-state index contributed by atoms with van der Waals surface area (Å²) in [7, 11) is 1.71. The van der Waals surface area contributed by atoms with Gasteiger partial charge in [-0.3, -0.25) is 4.79 Å². The van der Waals surface area contributed by atoms with E-state index < -0.39 is 0 Å². The van der Waals surface area contributed by atoms with E-state index >= 15 is 0 Å². The number of hydrogen-bond acceptors (Lipinski definition) is 1. The Morgan fingerprint density at radius 1 is 1.43 bits per heavy atom. The van der Waals surface area contributed by atoms with Gasteiger partial charge in [-0.05, 0) is 30.5 Å². The molecule has 75 valence electrons. The summed E-state index contributed by atoms with van der Waals surface area (Å²) in [6, 6.07) is 8.03. The fourth-order valence-corrected chi connectivity index (χ4v) is 1.35. The smallest absolute Gasteiger partial charge is 0.307 e. The van der Waals surface area contributed by atoms with Crippen LogP contribution in [0, 0.1) is 0 Å². The summed E-state index contributed by atoms with van der Waals surface area (Å²) in [6.07, 6.45) is 5.31. The van der Waals surface area contributed by atoms with E-state index in [2.05, 4.69) is 13.0 Å². The minimum Gasteiger partial charge on any atom is -0.307 e. The molecule has 0 N–H and O–H groups in total. The van der Waals surface area contributed by atoms with E-state index in [9.17, 15) is 4.79 Å². The third-order valence-corrected chi connectivity index (χ3v) is 2.25. The van der Waals surface area contributed by atoms with Gasteiger partial charge in [-0.25, -0.2) is 0 Å². The lowest BCUT2D eigenvalue weighted by molar-refractivity contribution is 0.554. The topological polar surface area (TPSA) is 20.3 Å². The molecule has 1 amide bonds. The van der Waals surface area contributed by atoms with Crippen molar-refractivity contribution in [2.24, 2.45) is 0 Å². The van der Waals surface area contributed by atoms with Crippen molar-refractivity contribution in [2.75, 3.05) is 11.9 Å². The number of benzene rings is 1. The van der Waals surface area contributed by atoms with Gasteiger partial charge in [0.25, 0.3) is 0 Å². The van der Waals surface area contributed by atoms with E-state index in [-0.39, 0.29) is 0 Å². The second-order valence-corrected chi connectivity index (χ2v) is 3.42. The number of aryl methyl sites for hydroxylation is 1. The highest BCUT2D eigenvalue weighted by molar-refractivity contribution is 5.74. The summed E-state index contributed by atoms with van der Waals surface area (Å²) < 4.78 is 0. The largest absolute Gasteiger partial charge is 0.316 e. The van der Waals surface area contributed by atoms with E-state index in [0.717, 1.165) is 12.1 Å². The lowest BCUT2D eigenvalue weighted by Gasteiger charge is -2.10. The van der Waals surface area contributed by atoms with Crippen LogP contribution in [-0.2, 0) is 11.2 Å². The second kappa shape index (κ2) is 5.43. The normalized spacial score (nSPS) is 9.86. The van der Waals surface area contributed by atoms with Crippen molar-refractivity contribution in [1.82, 2.24) is 0 Å². The van der Waals surface area contributed by atoms with E-state index in [4.69, 9.17) is 0 Å². The van der Waals surface area contributed by atoms with E-state index in [1.165, 1.54) is 23.3 Å². The summed E-state index contributed by atoms with van der Waals surface area (Å²) in [5, 5.41) is 0. The van der Waals surface area contributed by atoms with Gasteiger partial charge in [-0.2, -0.15) is 0 Å². The Morgan fingerprint density at radius 2 is 2.21 bits per heavy atom. The van der Waals surface area contributed by atoms with E-state index in [1.807, 2.05) is 24.6 Å². The third-order valence-electron chi connectivity index (χ3n) is 2.25. The monoisotopic (exact) mass is 190 g/mol. The minimum atomic E-state index is 0.911. The zero-order valence-electron chi connectivity index (χ0n) is 8.79. The molecule has 0 atom stereocenters. The van der Waals surface area contributed by atoms with Crippen LogP contribution in [0.1, 0.15) is 25.3 Å². The van der Waals surface area contributed by atoms with Gasteiger partial charge in [-0.1, -0.05) is 25.5 Å². The first-order valence-electron chi connectivity index (χ1n) is 4.98. The Bertz CT molecular complexity index is 296. The lowest BCUT2D eigenvalue weighted by Crippen LogP contribution is -2.13. The van der Waals surface area contributed by atoms with E-state index in [1.54, 1.807) is 7.05 Å². The molecule has 0 saturated carbocycles. The molecule has 0 saturated heterocycles. The first-order valence-corrected chi connectivity index (χ1v) is 4.98. The van der Waals surface area contributed by atoms with Crippen LogP contribution in [0.3, 0.4) is 0 Å². The lowest BCUT2D eigenvalue weighted by atomic mass is 10.1. The fraction of sp³-hybridized carbons (Fsp3) is 0.417.